The molecule has 0 unspecified atom stereocenters. The highest BCUT2D eigenvalue weighted by Crippen LogP contribution is 2.32. The van der Waals surface area contributed by atoms with E-state index in [1.54, 1.807) is 0 Å². The molecule has 0 N–H and O–H groups in total. The number of hydrogen-bond donors (Lipinski definition) is 0. The van der Waals surface area contributed by atoms with Gasteiger partial charge in [0.15, 0.2) is 0 Å². The molecule has 4 rings (SSSR count). The Morgan fingerprint density at radius 2 is 1.54 bits per heavy atom. The van der Waals surface area contributed by atoms with Crippen LogP contribution in [0.5, 0.6) is 0 Å². The van der Waals surface area contributed by atoms with E-state index in [2.05, 4.69) is 82.4 Å². The fourth-order valence-electron chi connectivity index (χ4n) is 3.65. The van der Waals surface area contributed by atoms with E-state index in [9.17, 15) is 0 Å². The largest absolute Gasteiger partial charge is 0.356 e. The lowest BCUT2D eigenvalue weighted by atomic mass is 10.0. The lowest BCUT2D eigenvalue weighted by Gasteiger charge is -2.42. The van der Waals surface area contributed by atoms with Crippen LogP contribution in [0.25, 0.3) is 0 Å². The standard InChI is InChI=1S/C21H25N3/c1-22-13-15-23(16-14-22)21-12-11-19-9-5-6-10-20(19)24(21)17-18-7-3-2-4-8-18/h2-10,12H,11,13-17H2,1H3. The maximum absolute atomic E-state index is 2.55. The molecule has 3 heteroatoms. The summed E-state index contributed by atoms with van der Waals surface area (Å²) in [5.41, 5.74) is 4.14. The number of para-hydroxylation sites is 1. The maximum Gasteiger partial charge on any atom is 0.105 e. The summed E-state index contributed by atoms with van der Waals surface area (Å²) in [5.74, 6) is 1.38. The number of anilines is 1. The summed E-state index contributed by atoms with van der Waals surface area (Å²) in [6, 6.07) is 19.6. The quantitative estimate of drug-likeness (QED) is 0.859. The highest BCUT2D eigenvalue weighted by atomic mass is 15.4. The van der Waals surface area contributed by atoms with Crippen molar-refractivity contribution in [3.8, 4) is 0 Å². The topological polar surface area (TPSA) is 9.72 Å². The summed E-state index contributed by atoms with van der Waals surface area (Å²) in [5, 5.41) is 0. The van der Waals surface area contributed by atoms with Gasteiger partial charge in [-0.2, -0.15) is 0 Å². The van der Waals surface area contributed by atoms with Crippen LogP contribution in [0.4, 0.5) is 5.69 Å². The second-order valence-electron chi connectivity index (χ2n) is 6.76. The third-order valence-electron chi connectivity index (χ3n) is 5.07. The Hall–Kier alpha value is -2.26. The van der Waals surface area contributed by atoms with E-state index in [-0.39, 0.29) is 0 Å². The molecule has 0 spiro atoms. The molecule has 2 aromatic rings. The van der Waals surface area contributed by atoms with Crippen molar-refractivity contribution in [1.82, 2.24) is 9.80 Å². The van der Waals surface area contributed by atoms with Gasteiger partial charge in [0.05, 0.1) is 0 Å². The lowest BCUT2D eigenvalue weighted by Crippen LogP contribution is -2.48. The van der Waals surface area contributed by atoms with Crippen LogP contribution < -0.4 is 4.90 Å². The predicted molar refractivity (Wildman–Crippen MR) is 99.9 cm³/mol. The molecule has 0 bridgehead atoms. The molecule has 2 aromatic carbocycles. The molecule has 3 nitrogen and oxygen atoms in total. The summed E-state index contributed by atoms with van der Waals surface area (Å²) in [7, 11) is 2.21. The second-order valence-corrected chi connectivity index (χ2v) is 6.76. The molecule has 0 atom stereocenters. The van der Waals surface area contributed by atoms with Crippen molar-refractivity contribution in [2.24, 2.45) is 0 Å². The van der Waals surface area contributed by atoms with Crippen LogP contribution in [-0.2, 0) is 13.0 Å². The van der Waals surface area contributed by atoms with Gasteiger partial charge < -0.3 is 14.7 Å². The third kappa shape index (κ3) is 3.04. The molecule has 1 saturated heterocycles. The van der Waals surface area contributed by atoms with Gasteiger partial charge in [0.2, 0.25) is 0 Å². The molecule has 0 aliphatic carbocycles. The normalized spacial score (nSPS) is 18.3. The SMILES string of the molecule is CN1CCN(C2=CCc3ccccc3N2Cc2ccccc2)CC1. The van der Waals surface area contributed by atoms with Crippen molar-refractivity contribution in [3.63, 3.8) is 0 Å². The number of hydrogen-bond acceptors (Lipinski definition) is 3. The molecule has 1 fully saturated rings. The molecule has 124 valence electrons. The van der Waals surface area contributed by atoms with E-state index < -0.39 is 0 Å². The fourth-order valence-corrected chi connectivity index (χ4v) is 3.65. The van der Waals surface area contributed by atoms with Gasteiger partial charge in [-0.25, -0.2) is 0 Å². The van der Waals surface area contributed by atoms with Crippen molar-refractivity contribution < 1.29 is 0 Å². The van der Waals surface area contributed by atoms with Crippen LogP contribution in [0.15, 0.2) is 66.5 Å². The number of nitrogens with zero attached hydrogens (tertiary/aromatic N) is 3. The highest BCUT2D eigenvalue weighted by Gasteiger charge is 2.25. The zero-order chi connectivity index (χ0) is 16.4. The summed E-state index contributed by atoms with van der Waals surface area (Å²) < 4.78 is 0. The average molecular weight is 319 g/mol. The van der Waals surface area contributed by atoms with E-state index in [0.29, 0.717) is 0 Å². The fraction of sp³-hybridized carbons (Fsp3) is 0.333. The molecule has 0 amide bonds. The number of fused-ring (bicyclic) bond motifs is 1. The van der Waals surface area contributed by atoms with Gasteiger partial charge in [0.1, 0.15) is 5.82 Å². The number of rotatable bonds is 3. The van der Waals surface area contributed by atoms with E-state index >= 15 is 0 Å². The monoisotopic (exact) mass is 319 g/mol. The van der Waals surface area contributed by atoms with Gasteiger partial charge in [-0.3, -0.25) is 0 Å². The average Bonchev–Trinajstić information content (AvgIpc) is 2.64. The first kappa shape index (κ1) is 15.3. The minimum Gasteiger partial charge on any atom is -0.356 e. The van der Waals surface area contributed by atoms with Crippen LogP contribution in [0.3, 0.4) is 0 Å². The van der Waals surface area contributed by atoms with E-state index in [1.165, 1.54) is 22.6 Å². The highest BCUT2D eigenvalue weighted by molar-refractivity contribution is 5.61. The van der Waals surface area contributed by atoms with Crippen molar-refractivity contribution in [1.29, 1.82) is 0 Å². The Balaban J connectivity index is 1.65. The van der Waals surface area contributed by atoms with E-state index in [1.807, 2.05) is 0 Å². The maximum atomic E-state index is 2.55. The molecular weight excluding hydrogens is 294 g/mol. The molecule has 2 aliphatic rings. The Kier molecular flexibility index (Phi) is 4.26. The van der Waals surface area contributed by atoms with Crippen molar-refractivity contribution in [3.05, 3.63) is 77.6 Å². The van der Waals surface area contributed by atoms with Crippen LogP contribution in [0, 0.1) is 0 Å². The van der Waals surface area contributed by atoms with E-state index in [4.69, 9.17) is 0 Å². The minimum atomic E-state index is 0.927. The molecule has 0 aromatic heterocycles. The Labute approximate surface area is 144 Å². The Morgan fingerprint density at radius 1 is 0.833 bits per heavy atom. The predicted octanol–water partition coefficient (Wildman–Crippen LogP) is 3.34. The van der Waals surface area contributed by atoms with Crippen LogP contribution in [0.1, 0.15) is 11.1 Å². The lowest BCUT2D eigenvalue weighted by molar-refractivity contribution is 0.182. The number of allylic oxidation sites excluding steroid dienone is 1. The summed E-state index contributed by atoms with van der Waals surface area (Å²) in [6.45, 7) is 5.41. The number of piperazine rings is 1. The molecule has 24 heavy (non-hydrogen) atoms. The molecule has 0 radical (unpaired) electrons. The smallest absolute Gasteiger partial charge is 0.105 e. The molecule has 0 saturated carbocycles. The first-order valence-electron chi connectivity index (χ1n) is 8.84. The third-order valence-corrected chi connectivity index (χ3v) is 5.07. The molecule has 2 heterocycles. The van der Waals surface area contributed by atoms with E-state index in [0.717, 1.165) is 39.1 Å². The second kappa shape index (κ2) is 6.70. The first-order chi connectivity index (χ1) is 11.8. The van der Waals surface area contributed by atoms with Gasteiger partial charge in [-0.1, -0.05) is 48.5 Å². The minimum absolute atomic E-state index is 0.927. The zero-order valence-electron chi connectivity index (χ0n) is 14.4. The van der Waals surface area contributed by atoms with Crippen molar-refractivity contribution in [2.45, 2.75) is 13.0 Å². The van der Waals surface area contributed by atoms with Crippen molar-refractivity contribution >= 4 is 5.69 Å². The summed E-state index contributed by atoms with van der Waals surface area (Å²) >= 11 is 0. The van der Waals surface area contributed by atoms with Crippen LogP contribution >= 0.6 is 0 Å². The number of likely N-dealkylation sites (N-methyl/N-ethyl adjacent to an activating group) is 1. The van der Waals surface area contributed by atoms with Gasteiger partial charge >= 0.3 is 0 Å². The summed E-state index contributed by atoms with van der Waals surface area (Å²) in [4.78, 5) is 7.47. The molecule has 2 aliphatic heterocycles. The zero-order valence-corrected chi connectivity index (χ0v) is 14.4. The summed E-state index contributed by atoms with van der Waals surface area (Å²) in [6.07, 6.45) is 3.44. The number of benzene rings is 2. The van der Waals surface area contributed by atoms with Gasteiger partial charge in [-0.05, 0) is 36.7 Å². The van der Waals surface area contributed by atoms with Gasteiger partial charge in [0, 0.05) is 38.4 Å². The van der Waals surface area contributed by atoms with Crippen LogP contribution in [-0.4, -0.2) is 43.0 Å². The Bertz CT molecular complexity index is 715. The van der Waals surface area contributed by atoms with Gasteiger partial charge in [-0.15, -0.1) is 0 Å². The molecular formula is C21H25N3. The first-order valence-corrected chi connectivity index (χ1v) is 8.84. The van der Waals surface area contributed by atoms with Gasteiger partial charge in [0.25, 0.3) is 0 Å². The van der Waals surface area contributed by atoms with Crippen LogP contribution in [0.2, 0.25) is 0 Å². The Morgan fingerprint density at radius 3 is 2.33 bits per heavy atom. The van der Waals surface area contributed by atoms with Crippen molar-refractivity contribution in [2.75, 3.05) is 38.1 Å².